The van der Waals surface area contributed by atoms with E-state index >= 15 is 0 Å². The topological polar surface area (TPSA) is 57.6 Å². The largest absolute Gasteiger partial charge is 0.480 e. The minimum absolute atomic E-state index is 0.240. The molecule has 1 saturated heterocycles. The third-order valence-corrected chi connectivity index (χ3v) is 4.72. The Hall–Kier alpha value is -0.920. The molecular formula is C11H14F3NO3S. The molecular weight excluding hydrogens is 283 g/mol. The van der Waals surface area contributed by atoms with E-state index in [1.165, 1.54) is 11.8 Å². The Kier molecular flexibility index (Phi) is 3.98. The van der Waals surface area contributed by atoms with Crippen LogP contribution in [0.4, 0.5) is 13.2 Å². The Morgan fingerprint density at radius 3 is 2.42 bits per heavy atom. The summed E-state index contributed by atoms with van der Waals surface area (Å²) in [5.41, 5.74) is 0. The SMILES string of the molecule is O=C(O)C1CSC(C2CC2)N1C(=O)CCC(F)(F)F. The highest BCUT2D eigenvalue weighted by Crippen LogP contribution is 2.45. The van der Waals surface area contributed by atoms with Crippen molar-refractivity contribution in [3.05, 3.63) is 0 Å². The summed E-state index contributed by atoms with van der Waals surface area (Å²) in [6.45, 7) is 0. The lowest BCUT2D eigenvalue weighted by atomic mass is 10.2. The molecule has 1 aliphatic heterocycles. The second-order valence-corrected chi connectivity index (χ2v) is 5.98. The molecule has 1 heterocycles. The summed E-state index contributed by atoms with van der Waals surface area (Å²) in [4.78, 5) is 24.1. The number of rotatable bonds is 4. The van der Waals surface area contributed by atoms with Crippen molar-refractivity contribution >= 4 is 23.6 Å². The van der Waals surface area contributed by atoms with Gasteiger partial charge < -0.3 is 10.0 Å². The molecule has 19 heavy (non-hydrogen) atoms. The molecule has 1 amide bonds. The molecule has 0 aromatic carbocycles. The number of amides is 1. The number of carbonyl (C=O) groups is 2. The monoisotopic (exact) mass is 297 g/mol. The van der Waals surface area contributed by atoms with Crippen molar-refractivity contribution in [1.29, 1.82) is 0 Å². The van der Waals surface area contributed by atoms with E-state index in [4.69, 9.17) is 5.11 Å². The van der Waals surface area contributed by atoms with Crippen molar-refractivity contribution in [3.8, 4) is 0 Å². The van der Waals surface area contributed by atoms with E-state index in [2.05, 4.69) is 0 Å². The van der Waals surface area contributed by atoms with Crippen LogP contribution in [-0.2, 0) is 9.59 Å². The molecule has 0 aromatic rings. The van der Waals surface area contributed by atoms with Gasteiger partial charge in [-0.2, -0.15) is 13.2 Å². The quantitative estimate of drug-likeness (QED) is 0.863. The van der Waals surface area contributed by atoms with Gasteiger partial charge in [-0.05, 0) is 18.8 Å². The van der Waals surface area contributed by atoms with Gasteiger partial charge in [0.05, 0.1) is 11.8 Å². The fourth-order valence-electron chi connectivity index (χ4n) is 2.16. The Morgan fingerprint density at radius 2 is 1.95 bits per heavy atom. The van der Waals surface area contributed by atoms with Crippen LogP contribution in [0.2, 0.25) is 0 Å². The van der Waals surface area contributed by atoms with E-state index in [0.717, 1.165) is 17.7 Å². The maximum atomic E-state index is 12.1. The van der Waals surface area contributed by atoms with Gasteiger partial charge in [-0.25, -0.2) is 4.79 Å². The molecule has 2 aliphatic rings. The zero-order valence-electron chi connectivity index (χ0n) is 10.0. The van der Waals surface area contributed by atoms with E-state index in [1.807, 2.05) is 0 Å². The van der Waals surface area contributed by atoms with Crippen LogP contribution in [0.5, 0.6) is 0 Å². The second-order valence-electron chi connectivity index (χ2n) is 4.83. The Bertz CT molecular complexity index is 384. The molecule has 0 bridgehead atoms. The van der Waals surface area contributed by atoms with E-state index in [1.54, 1.807) is 0 Å². The summed E-state index contributed by atoms with van der Waals surface area (Å²) in [6.07, 6.45) is -4.44. The maximum Gasteiger partial charge on any atom is 0.389 e. The number of hydrogen-bond donors (Lipinski definition) is 1. The molecule has 0 radical (unpaired) electrons. The summed E-state index contributed by atoms with van der Waals surface area (Å²) in [5, 5.41) is 8.79. The molecule has 1 saturated carbocycles. The minimum atomic E-state index is -4.39. The van der Waals surface area contributed by atoms with Crippen molar-refractivity contribution < 1.29 is 27.9 Å². The third-order valence-electron chi connectivity index (χ3n) is 3.26. The van der Waals surface area contributed by atoms with Crippen molar-refractivity contribution in [2.75, 3.05) is 5.75 Å². The van der Waals surface area contributed by atoms with Gasteiger partial charge in [-0.15, -0.1) is 11.8 Å². The molecule has 2 fully saturated rings. The number of carboxylic acids is 1. The van der Waals surface area contributed by atoms with Crippen LogP contribution in [0.15, 0.2) is 0 Å². The fraction of sp³-hybridized carbons (Fsp3) is 0.818. The number of thioether (sulfide) groups is 1. The summed E-state index contributed by atoms with van der Waals surface area (Å²) >= 11 is 1.36. The molecule has 1 aliphatic carbocycles. The summed E-state index contributed by atoms with van der Waals surface area (Å²) in [5.74, 6) is -1.35. The lowest BCUT2D eigenvalue weighted by molar-refractivity contribution is -0.155. The number of hydrogen-bond acceptors (Lipinski definition) is 3. The lowest BCUT2D eigenvalue weighted by Gasteiger charge is -2.27. The molecule has 0 spiro atoms. The lowest BCUT2D eigenvalue weighted by Crippen LogP contribution is -2.46. The summed E-state index contributed by atoms with van der Waals surface area (Å²) in [7, 11) is 0. The van der Waals surface area contributed by atoms with Crippen LogP contribution < -0.4 is 0 Å². The molecule has 108 valence electrons. The number of alkyl halides is 3. The van der Waals surface area contributed by atoms with E-state index < -0.39 is 36.9 Å². The van der Waals surface area contributed by atoms with Gasteiger partial charge in [-0.3, -0.25) is 4.79 Å². The van der Waals surface area contributed by atoms with Gasteiger partial charge in [0.1, 0.15) is 6.04 Å². The highest BCUT2D eigenvalue weighted by molar-refractivity contribution is 8.00. The Labute approximate surface area is 112 Å². The van der Waals surface area contributed by atoms with Crippen LogP contribution >= 0.6 is 11.8 Å². The first-order chi connectivity index (χ1) is 8.79. The normalized spacial score (nSPS) is 27.6. The van der Waals surface area contributed by atoms with E-state index in [9.17, 15) is 22.8 Å². The van der Waals surface area contributed by atoms with Crippen LogP contribution in [0.1, 0.15) is 25.7 Å². The zero-order chi connectivity index (χ0) is 14.2. The van der Waals surface area contributed by atoms with E-state index in [-0.39, 0.29) is 17.0 Å². The van der Waals surface area contributed by atoms with Gasteiger partial charge >= 0.3 is 12.1 Å². The fourth-order valence-corrected chi connectivity index (χ4v) is 3.81. The Morgan fingerprint density at radius 1 is 1.32 bits per heavy atom. The van der Waals surface area contributed by atoms with Gasteiger partial charge in [0, 0.05) is 12.2 Å². The average molecular weight is 297 g/mol. The van der Waals surface area contributed by atoms with Crippen molar-refractivity contribution in [2.24, 2.45) is 5.92 Å². The van der Waals surface area contributed by atoms with Crippen molar-refractivity contribution in [1.82, 2.24) is 4.90 Å². The first kappa shape index (κ1) is 14.5. The molecule has 4 nitrogen and oxygen atoms in total. The smallest absolute Gasteiger partial charge is 0.389 e. The number of carboxylic acid groups (broad SMARTS) is 1. The van der Waals surface area contributed by atoms with Crippen LogP contribution in [0.3, 0.4) is 0 Å². The first-order valence-corrected chi connectivity index (χ1v) is 7.07. The molecule has 2 unspecified atom stereocenters. The van der Waals surface area contributed by atoms with Gasteiger partial charge in [-0.1, -0.05) is 0 Å². The maximum absolute atomic E-state index is 12.1. The van der Waals surface area contributed by atoms with Gasteiger partial charge in [0.15, 0.2) is 0 Å². The van der Waals surface area contributed by atoms with Crippen LogP contribution in [0, 0.1) is 5.92 Å². The third kappa shape index (κ3) is 3.55. The molecule has 2 rings (SSSR count). The van der Waals surface area contributed by atoms with Crippen molar-refractivity contribution in [2.45, 2.75) is 43.3 Å². The first-order valence-electron chi connectivity index (χ1n) is 6.02. The highest BCUT2D eigenvalue weighted by atomic mass is 32.2. The second kappa shape index (κ2) is 5.22. The van der Waals surface area contributed by atoms with Crippen LogP contribution in [0.25, 0.3) is 0 Å². The van der Waals surface area contributed by atoms with E-state index in [0.29, 0.717) is 0 Å². The van der Waals surface area contributed by atoms with Crippen LogP contribution in [-0.4, -0.2) is 45.2 Å². The van der Waals surface area contributed by atoms with Gasteiger partial charge in [0.25, 0.3) is 0 Å². The molecule has 2 atom stereocenters. The molecule has 1 N–H and O–H groups in total. The number of aliphatic carboxylic acids is 1. The average Bonchev–Trinajstić information content (AvgIpc) is 3.03. The number of halogens is 3. The predicted octanol–water partition coefficient (Wildman–Crippen LogP) is 2.09. The number of carbonyl (C=O) groups excluding carboxylic acids is 1. The highest BCUT2D eigenvalue weighted by Gasteiger charge is 2.48. The Balaban J connectivity index is 2.03. The number of nitrogens with zero attached hydrogens (tertiary/aromatic N) is 1. The minimum Gasteiger partial charge on any atom is -0.480 e. The van der Waals surface area contributed by atoms with Gasteiger partial charge in [0.2, 0.25) is 5.91 Å². The molecule has 0 aromatic heterocycles. The summed E-state index contributed by atoms with van der Waals surface area (Å²) in [6, 6.07) is -0.990. The predicted molar refractivity (Wildman–Crippen MR) is 62.5 cm³/mol. The summed E-state index contributed by atoms with van der Waals surface area (Å²) < 4.78 is 36.4. The molecule has 8 heteroatoms. The van der Waals surface area contributed by atoms with Crippen molar-refractivity contribution in [3.63, 3.8) is 0 Å². The standard InChI is InChI=1S/C11H14F3NO3S/c12-11(13,14)4-3-8(16)15-7(10(17)18)5-19-9(15)6-1-2-6/h6-7,9H,1-5H2,(H,17,18). The zero-order valence-corrected chi connectivity index (χ0v) is 10.8.